The van der Waals surface area contributed by atoms with E-state index in [0.717, 1.165) is 19.6 Å². The predicted molar refractivity (Wildman–Crippen MR) is 61.3 cm³/mol. The third-order valence-corrected chi connectivity index (χ3v) is 3.10. The molecule has 2 heterocycles. The van der Waals surface area contributed by atoms with Gasteiger partial charge in [-0.2, -0.15) is 0 Å². The van der Waals surface area contributed by atoms with E-state index < -0.39 is 0 Å². The van der Waals surface area contributed by atoms with E-state index in [1.54, 1.807) is 17.0 Å². The van der Waals surface area contributed by atoms with Crippen molar-refractivity contribution in [1.82, 2.24) is 9.80 Å². The Morgan fingerprint density at radius 1 is 1.69 bits per heavy atom. The topological polar surface area (TPSA) is 36.7 Å². The van der Waals surface area contributed by atoms with Crippen LogP contribution in [0.2, 0.25) is 0 Å². The highest BCUT2D eigenvalue weighted by atomic mass is 16.3. The van der Waals surface area contributed by atoms with Crippen molar-refractivity contribution >= 4 is 5.91 Å². The Morgan fingerprint density at radius 2 is 2.50 bits per heavy atom. The molecule has 0 radical (unpaired) electrons. The van der Waals surface area contributed by atoms with Crippen LogP contribution < -0.4 is 0 Å². The van der Waals surface area contributed by atoms with Crippen LogP contribution in [0.3, 0.4) is 0 Å². The van der Waals surface area contributed by atoms with E-state index in [2.05, 4.69) is 11.9 Å². The molecule has 1 aliphatic heterocycles. The van der Waals surface area contributed by atoms with Gasteiger partial charge < -0.3 is 14.2 Å². The highest BCUT2D eigenvalue weighted by Crippen LogP contribution is 2.16. The summed E-state index contributed by atoms with van der Waals surface area (Å²) >= 11 is 0. The molecular weight excluding hydrogens is 204 g/mol. The second-order valence-corrected chi connectivity index (χ2v) is 4.58. The maximum atomic E-state index is 11.9. The normalized spacial score (nSPS) is 21.2. The molecule has 4 nitrogen and oxygen atoms in total. The summed E-state index contributed by atoms with van der Waals surface area (Å²) in [6.45, 7) is 3.02. The van der Waals surface area contributed by atoms with Crippen LogP contribution in [0, 0.1) is 5.92 Å². The molecule has 0 bridgehead atoms. The largest absolute Gasteiger partial charge is 0.459 e. The number of carbonyl (C=O) groups is 1. The molecule has 1 amide bonds. The number of amides is 1. The van der Waals surface area contributed by atoms with E-state index in [1.807, 2.05) is 7.05 Å². The summed E-state index contributed by atoms with van der Waals surface area (Å²) in [6.07, 6.45) is 2.71. The van der Waals surface area contributed by atoms with Gasteiger partial charge in [0.2, 0.25) is 0 Å². The highest BCUT2D eigenvalue weighted by molar-refractivity contribution is 5.91. The molecule has 2 rings (SSSR count). The monoisotopic (exact) mass is 222 g/mol. The van der Waals surface area contributed by atoms with Crippen molar-refractivity contribution in [1.29, 1.82) is 0 Å². The molecule has 0 spiro atoms. The molecule has 0 N–H and O–H groups in total. The first-order valence-electron chi connectivity index (χ1n) is 5.64. The molecule has 0 aliphatic carbocycles. The molecule has 88 valence electrons. The molecule has 1 fully saturated rings. The maximum absolute atomic E-state index is 11.9. The van der Waals surface area contributed by atoms with Crippen molar-refractivity contribution < 1.29 is 9.21 Å². The molecule has 4 heteroatoms. The third-order valence-electron chi connectivity index (χ3n) is 3.10. The third kappa shape index (κ3) is 2.44. The van der Waals surface area contributed by atoms with Gasteiger partial charge in [-0.25, -0.2) is 0 Å². The Kier molecular flexibility index (Phi) is 3.29. The number of hydrogen-bond acceptors (Lipinski definition) is 3. The summed E-state index contributed by atoms with van der Waals surface area (Å²) in [6, 6.07) is 3.45. The van der Waals surface area contributed by atoms with Gasteiger partial charge in [-0.05, 0) is 38.1 Å². The average molecular weight is 222 g/mol. The van der Waals surface area contributed by atoms with Gasteiger partial charge in [-0.15, -0.1) is 0 Å². The number of nitrogens with zero attached hydrogens (tertiary/aromatic N) is 2. The first-order chi connectivity index (χ1) is 7.66. The maximum Gasteiger partial charge on any atom is 0.289 e. The summed E-state index contributed by atoms with van der Waals surface area (Å²) in [5.74, 6) is 0.988. The number of furan rings is 1. The van der Waals surface area contributed by atoms with Crippen LogP contribution in [0.25, 0.3) is 0 Å². The smallest absolute Gasteiger partial charge is 0.289 e. The van der Waals surface area contributed by atoms with Crippen LogP contribution in [0.4, 0.5) is 0 Å². The zero-order chi connectivity index (χ0) is 11.5. The highest BCUT2D eigenvalue weighted by Gasteiger charge is 2.23. The van der Waals surface area contributed by atoms with Gasteiger partial charge >= 0.3 is 0 Å². The molecule has 0 aromatic carbocycles. The SMILES string of the molecule is CN1CCC(CN(C)C(=O)c2ccco2)C1. The van der Waals surface area contributed by atoms with Crippen LogP contribution in [-0.2, 0) is 0 Å². The van der Waals surface area contributed by atoms with E-state index >= 15 is 0 Å². The number of likely N-dealkylation sites (tertiary alicyclic amines) is 1. The Bertz CT molecular complexity index is 348. The average Bonchev–Trinajstić information content (AvgIpc) is 2.88. The molecule has 1 aliphatic rings. The zero-order valence-electron chi connectivity index (χ0n) is 9.85. The Balaban J connectivity index is 1.88. The lowest BCUT2D eigenvalue weighted by Crippen LogP contribution is -2.32. The number of rotatable bonds is 3. The van der Waals surface area contributed by atoms with Gasteiger partial charge in [0.15, 0.2) is 5.76 Å². The lowest BCUT2D eigenvalue weighted by atomic mass is 10.1. The molecule has 1 aromatic heterocycles. The van der Waals surface area contributed by atoms with Gasteiger partial charge in [0.25, 0.3) is 5.91 Å². The summed E-state index contributed by atoms with van der Waals surface area (Å²) in [7, 11) is 3.96. The Morgan fingerprint density at radius 3 is 3.06 bits per heavy atom. The van der Waals surface area contributed by atoms with Crippen molar-refractivity contribution in [2.45, 2.75) is 6.42 Å². The van der Waals surface area contributed by atoms with Crippen molar-refractivity contribution in [3.8, 4) is 0 Å². The minimum atomic E-state index is -0.0282. The quantitative estimate of drug-likeness (QED) is 0.773. The summed E-state index contributed by atoms with van der Waals surface area (Å²) in [5.41, 5.74) is 0. The van der Waals surface area contributed by atoms with E-state index in [4.69, 9.17) is 4.42 Å². The van der Waals surface area contributed by atoms with Gasteiger partial charge in [-0.1, -0.05) is 0 Å². The molecule has 0 saturated carbocycles. The second-order valence-electron chi connectivity index (χ2n) is 4.58. The van der Waals surface area contributed by atoms with Crippen molar-refractivity contribution in [3.63, 3.8) is 0 Å². The Hall–Kier alpha value is -1.29. The van der Waals surface area contributed by atoms with Crippen molar-refractivity contribution in [2.24, 2.45) is 5.92 Å². The molecule has 1 unspecified atom stereocenters. The Labute approximate surface area is 95.8 Å². The van der Waals surface area contributed by atoms with Crippen LogP contribution in [-0.4, -0.2) is 49.4 Å². The fourth-order valence-corrected chi connectivity index (χ4v) is 2.23. The van der Waals surface area contributed by atoms with Crippen LogP contribution in [0.15, 0.2) is 22.8 Å². The van der Waals surface area contributed by atoms with Gasteiger partial charge in [0.05, 0.1) is 6.26 Å². The lowest BCUT2D eigenvalue weighted by Gasteiger charge is -2.20. The fourth-order valence-electron chi connectivity index (χ4n) is 2.23. The lowest BCUT2D eigenvalue weighted by molar-refractivity contribution is 0.0742. The van der Waals surface area contributed by atoms with Gasteiger partial charge in [0, 0.05) is 20.1 Å². The van der Waals surface area contributed by atoms with Crippen LogP contribution in [0.5, 0.6) is 0 Å². The van der Waals surface area contributed by atoms with E-state index in [1.165, 1.54) is 12.7 Å². The molecule has 1 atom stereocenters. The minimum Gasteiger partial charge on any atom is -0.459 e. The summed E-state index contributed by atoms with van der Waals surface area (Å²) < 4.78 is 5.10. The van der Waals surface area contributed by atoms with E-state index in [0.29, 0.717) is 11.7 Å². The minimum absolute atomic E-state index is 0.0282. The molecule has 1 saturated heterocycles. The standard InChI is InChI=1S/C12H18N2O2/c1-13-6-5-10(8-13)9-14(2)12(15)11-4-3-7-16-11/h3-4,7,10H,5-6,8-9H2,1-2H3. The summed E-state index contributed by atoms with van der Waals surface area (Å²) in [5, 5.41) is 0. The van der Waals surface area contributed by atoms with Crippen molar-refractivity contribution in [3.05, 3.63) is 24.2 Å². The first kappa shape index (κ1) is 11.2. The van der Waals surface area contributed by atoms with E-state index in [9.17, 15) is 4.79 Å². The first-order valence-corrected chi connectivity index (χ1v) is 5.64. The second kappa shape index (κ2) is 4.70. The predicted octanol–water partition coefficient (Wildman–Crippen LogP) is 1.30. The number of hydrogen-bond donors (Lipinski definition) is 0. The van der Waals surface area contributed by atoms with Crippen molar-refractivity contribution in [2.75, 3.05) is 33.7 Å². The molecular formula is C12H18N2O2. The van der Waals surface area contributed by atoms with Gasteiger partial charge in [0.1, 0.15) is 0 Å². The van der Waals surface area contributed by atoms with Crippen LogP contribution in [0.1, 0.15) is 17.0 Å². The number of carbonyl (C=O) groups excluding carboxylic acids is 1. The van der Waals surface area contributed by atoms with Gasteiger partial charge in [-0.3, -0.25) is 4.79 Å². The molecule has 1 aromatic rings. The summed E-state index contributed by atoms with van der Waals surface area (Å²) in [4.78, 5) is 15.9. The fraction of sp³-hybridized carbons (Fsp3) is 0.583. The van der Waals surface area contributed by atoms with E-state index in [-0.39, 0.29) is 5.91 Å². The van der Waals surface area contributed by atoms with Crippen LogP contribution >= 0.6 is 0 Å². The molecule has 16 heavy (non-hydrogen) atoms. The zero-order valence-corrected chi connectivity index (χ0v) is 9.85.